The number of alkyl carbamates (subject to hydrolysis) is 1. The molecule has 0 saturated carbocycles. The van der Waals surface area contributed by atoms with Crippen LogP contribution in [0.4, 0.5) is 4.79 Å². The highest BCUT2D eigenvalue weighted by molar-refractivity contribution is 5.80. The average molecular weight is 269 g/mol. The predicted molar refractivity (Wildman–Crippen MR) is 67.7 cm³/mol. The van der Waals surface area contributed by atoms with Gasteiger partial charge in [0, 0.05) is 25.4 Å². The third-order valence-electron chi connectivity index (χ3n) is 2.32. The number of hydrogen-bond acceptors (Lipinski definition) is 4. The first kappa shape index (κ1) is 15.0. The van der Waals surface area contributed by atoms with Gasteiger partial charge in [-0.15, -0.1) is 0 Å². The molecule has 0 bridgehead atoms. The molecular formula is C12H19N3O4. The fraction of sp³-hybridized carbons (Fsp3) is 0.583. The zero-order valence-electron chi connectivity index (χ0n) is 11.5. The van der Waals surface area contributed by atoms with Crippen LogP contribution in [0.2, 0.25) is 0 Å². The van der Waals surface area contributed by atoms with Crippen LogP contribution in [0, 0.1) is 0 Å². The smallest absolute Gasteiger partial charge is 0.408 e. The Labute approximate surface area is 111 Å². The van der Waals surface area contributed by atoms with E-state index in [2.05, 4.69) is 10.4 Å². The van der Waals surface area contributed by atoms with Gasteiger partial charge in [-0.2, -0.15) is 5.10 Å². The van der Waals surface area contributed by atoms with Gasteiger partial charge in [-0.1, -0.05) is 0 Å². The number of carboxylic acids is 1. The van der Waals surface area contributed by atoms with E-state index < -0.39 is 23.7 Å². The van der Waals surface area contributed by atoms with Gasteiger partial charge in [-0.05, 0) is 26.8 Å². The third kappa shape index (κ3) is 4.99. The van der Waals surface area contributed by atoms with Crippen molar-refractivity contribution >= 4 is 12.1 Å². The van der Waals surface area contributed by atoms with E-state index in [1.54, 1.807) is 44.8 Å². The Hall–Kier alpha value is -2.05. The second-order valence-electron chi connectivity index (χ2n) is 5.19. The number of hydrogen-bond donors (Lipinski definition) is 2. The molecule has 0 saturated heterocycles. The Morgan fingerprint density at radius 1 is 1.53 bits per heavy atom. The average Bonchev–Trinajstić information content (AvgIpc) is 2.60. The quantitative estimate of drug-likeness (QED) is 0.848. The molecule has 7 nitrogen and oxygen atoms in total. The summed E-state index contributed by atoms with van der Waals surface area (Å²) < 4.78 is 6.59. The Morgan fingerprint density at radius 2 is 2.16 bits per heavy atom. The van der Waals surface area contributed by atoms with Gasteiger partial charge in [-0.3, -0.25) is 4.68 Å². The molecule has 0 aromatic carbocycles. The molecule has 1 amide bonds. The molecular weight excluding hydrogens is 250 g/mol. The Balaban J connectivity index is 2.67. The maximum absolute atomic E-state index is 11.6. The number of amides is 1. The standard InChI is InChI=1S/C12H19N3O4/c1-12(2,3)19-11(18)14-9(10(16)17)7-8-5-6-13-15(8)4/h5-6,9H,7H2,1-4H3,(H,14,18)(H,16,17). The minimum Gasteiger partial charge on any atom is -0.480 e. The molecule has 7 heteroatoms. The molecule has 1 aromatic rings. The SMILES string of the molecule is Cn1nccc1CC(NC(=O)OC(C)(C)C)C(=O)O. The summed E-state index contributed by atoms with van der Waals surface area (Å²) in [5.41, 5.74) is 0.0445. The normalized spacial score (nSPS) is 12.8. The van der Waals surface area contributed by atoms with Crippen LogP contribution in [0.1, 0.15) is 26.5 Å². The van der Waals surface area contributed by atoms with Gasteiger partial charge in [0.05, 0.1) is 0 Å². The van der Waals surface area contributed by atoms with Crippen LogP contribution in [0.5, 0.6) is 0 Å². The van der Waals surface area contributed by atoms with Crippen LogP contribution in [-0.4, -0.2) is 38.6 Å². The third-order valence-corrected chi connectivity index (χ3v) is 2.32. The van der Waals surface area contributed by atoms with Crippen molar-refractivity contribution in [1.29, 1.82) is 0 Å². The summed E-state index contributed by atoms with van der Waals surface area (Å²) in [6, 6.07) is 0.650. The fourth-order valence-corrected chi connectivity index (χ4v) is 1.46. The topological polar surface area (TPSA) is 93.5 Å². The van der Waals surface area contributed by atoms with Crippen molar-refractivity contribution in [3.8, 4) is 0 Å². The van der Waals surface area contributed by atoms with Crippen LogP contribution in [0.3, 0.4) is 0 Å². The van der Waals surface area contributed by atoms with E-state index in [-0.39, 0.29) is 6.42 Å². The number of carbonyl (C=O) groups excluding carboxylic acids is 1. The van der Waals surface area contributed by atoms with Gasteiger partial charge in [0.15, 0.2) is 0 Å². The number of nitrogens with zero attached hydrogens (tertiary/aromatic N) is 2. The minimum atomic E-state index is -1.12. The number of carbonyl (C=O) groups is 2. The van der Waals surface area contributed by atoms with Gasteiger partial charge < -0.3 is 15.2 Å². The maximum Gasteiger partial charge on any atom is 0.408 e. The Bertz CT molecular complexity index is 462. The highest BCUT2D eigenvalue weighted by Gasteiger charge is 2.24. The molecule has 1 heterocycles. The van der Waals surface area contributed by atoms with E-state index in [1.165, 1.54) is 0 Å². The molecule has 106 valence electrons. The largest absolute Gasteiger partial charge is 0.480 e. The second kappa shape index (κ2) is 5.73. The van der Waals surface area contributed by atoms with Crippen molar-refractivity contribution in [3.05, 3.63) is 18.0 Å². The first-order valence-electron chi connectivity index (χ1n) is 5.88. The van der Waals surface area contributed by atoms with Crippen LogP contribution >= 0.6 is 0 Å². The van der Waals surface area contributed by atoms with Crippen LogP contribution in [-0.2, 0) is 23.0 Å². The monoisotopic (exact) mass is 269 g/mol. The number of nitrogens with one attached hydrogen (secondary N) is 1. The number of carboxylic acid groups (broad SMARTS) is 1. The van der Waals surface area contributed by atoms with Crippen molar-refractivity contribution in [2.45, 2.75) is 38.8 Å². The van der Waals surface area contributed by atoms with Gasteiger partial charge in [-0.25, -0.2) is 9.59 Å². The molecule has 0 aliphatic carbocycles. The van der Waals surface area contributed by atoms with E-state index in [0.717, 1.165) is 0 Å². The summed E-state index contributed by atoms with van der Waals surface area (Å²) in [6.07, 6.45) is 0.967. The Morgan fingerprint density at radius 3 is 2.58 bits per heavy atom. The number of aromatic nitrogens is 2. The summed E-state index contributed by atoms with van der Waals surface area (Å²) in [4.78, 5) is 22.7. The van der Waals surface area contributed by atoms with E-state index in [9.17, 15) is 9.59 Å². The van der Waals surface area contributed by atoms with Crippen molar-refractivity contribution in [2.75, 3.05) is 0 Å². The van der Waals surface area contributed by atoms with E-state index in [1.807, 2.05) is 0 Å². The lowest BCUT2D eigenvalue weighted by Crippen LogP contribution is -2.44. The molecule has 19 heavy (non-hydrogen) atoms. The first-order chi connectivity index (χ1) is 8.69. The van der Waals surface area contributed by atoms with Gasteiger partial charge >= 0.3 is 12.1 Å². The highest BCUT2D eigenvalue weighted by Crippen LogP contribution is 2.08. The van der Waals surface area contributed by atoms with E-state index >= 15 is 0 Å². The molecule has 0 radical (unpaired) electrons. The van der Waals surface area contributed by atoms with Gasteiger partial charge in [0.25, 0.3) is 0 Å². The molecule has 1 unspecified atom stereocenters. The van der Waals surface area contributed by atoms with Crippen molar-refractivity contribution < 1.29 is 19.4 Å². The molecule has 1 atom stereocenters. The van der Waals surface area contributed by atoms with E-state index in [0.29, 0.717) is 5.69 Å². The predicted octanol–water partition coefficient (Wildman–Crippen LogP) is 0.940. The molecule has 0 aliphatic rings. The molecule has 0 fully saturated rings. The summed E-state index contributed by atoms with van der Waals surface area (Å²) in [5, 5.41) is 15.4. The summed E-state index contributed by atoms with van der Waals surface area (Å²) >= 11 is 0. The molecule has 2 N–H and O–H groups in total. The van der Waals surface area contributed by atoms with Crippen molar-refractivity contribution in [3.63, 3.8) is 0 Å². The van der Waals surface area contributed by atoms with Gasteiger partial charge in [0.1, 0.15) is 11.6 Å². The number of aliphatic carboxylic acids is 1. The zero-order valence-corrected chi connectivity index (χ0v) is 11.5. The summed E-state index contributed by atoms with van der Waals surface area (Å²) in [6.45, 7) is 5.14. The van der Waals surface area contributed by atoms with Gasteiger partial charge in [0.2, 0.25) is 0 Å². The second-order valence-corrected chi connectivity index (χ2v) is 5.19. The first-order valence-corrected chi connectivity index (χ1v) is 5.88. The van der Waals surface area contributed by atoms with Crippen LogP contribution in [0.15, 0.2) is 12.3 Å². The molecule has 0 aliphatic heterocycles. The minimum absolute atomic E-state index is 0.144. The lowest BCUT2D eigenvalue weighted by atomic mass is 10.1. The highest BCUT2D eigenvalue weighted by atomic mass is 16.6. The number of aryl methyl sites for hydroxylation is 1. The zero-order chi connectivity index (χ0) is 14.6. The van der Waals surface area contributed by atoms with Crippen molar-refractivity contribution in [1.82, 2.24) is 15.1 Å². The van der Waals surface area contributed by atoms with Crippen LogP contribution < -0.4 is 5.32 Å². The molecule has 1 rings (SSSR count). The fourth-order valence-electron chi connectivity index (χ4n) is 1.46. The van der Waals surface area contributed by atoms with Crippen LogP contribution in [0.25, 0.3) is 0 Å². The Kier molecular flexibility index (Phi) is 4.52. The number of ether oxygens (including phenoxy) is 1. The molecule has 1 aromatic heterocycles. The lowest BCUT2D eigenvalue weighted by Gasteiger charge is -2.22. The number of rotatable bonds is 4. The summed E-state index contributed by atoms with van der Waals surface area (Å²) in [5.74, 6) is -1.12. The van der Waals surface area contributed by atoms with E-state index in [4.69, 9.17) is 9.84 Å². The lowest BCUT2D eigenvalue weighted by molar-refractivity contribution is -0.139. The van der Waals surface area contributed by atoms with Crippen molar-refractivity contribution in [2.24, 2.45) is 7.05 Å². The molecule has 0 spiro atoms. The summed E-state index contributed by atoms with van der Waals surface area (Å²) in [7, 11) is 1.71. The maximum atomic E-state index is 11.6.